The van der Waals surface area contributed by atoms with Gasteiger partial charge in [0.15, 0.2) is 11.5 Å². The van der Waals surface area contributed by atoms with E-state index in [1.807, 2.05) is 6.07 Å². The van der Waals surface area contributed by atoms with Crippen molar-refractivity contribution >= 4 is 5.65 Å². The molecule has 7 nitrogen and oxygen atoms in total. The van der Waals surface area contributed by atoms with E-state index in [4.69, 9.17) is 4.52 Å². The lowest BCUT2D eigenvalue weighted by Gasteiger charge is -1.95. The van der Waals surface area contributed by atoms with Crippen molar-refractivity contribution in [3.63, 3.8) is 0 Å². The van der Waals surface area contributed by atoms with E-state index in [0.717, 1.165) is 18.7 Å². The second kappa shape index (κ2) is 3.53. The molecule has 0 amide bonds. The fourth-order valence-electron chi connectivity index (χ4n) is 2.12. The van der Waals surface area contributed by atoms with Crippen LogP contribution in [-0.4, -0.2) is 24.3 Å². The summed E-state index contributed by atoms with van der Waals surface area (Å²) < 4.78 is 8.04. The highest BCUT2D eigenvalue weighted by atomic mass is 16.5. The molecule has 0 unspecified atom stereocenters. The molecule has 1 fully saturated rings. The predicted octanol–water partition coefficient (Wildman–Crippen LogP) is 0.960. The Balaban J connectivity index is 1.93. The summed E-state index contributed by atoms with van der Waals surface area (Å²) in [6.07, 6.45) is 3.91. The molecule has 4 rings (SSSR count). The van der Waals surface area contributed by atoms with E-state index in [1.54, 1.807) is 19.3 Å². The standard InChI is InChI=1S/C12H11N5O2/c1-16-12(18)17-6-2-3-8(10(17)14-16)11-13-9(15-19-11)7-4-5-7/h2-3,6-7H,4-5H2,1H3. The van der Waals surface area contributed by atoms with E-state index in [-0.39, 0.29) is 5.69 Å². The Bertz CT molecular complexity index is 824. The molecule has 0 radical (unpaired) electrons. The third-order valence-corrected chi connectivity index (χ3v) is 3.31. The Morgan fingerprint density at radius 2 is 2.26 bits per heavy atom. The fraction of sp³-hybridized carbons (Fsp3) is 0.333. The molecule has 3 aromatic rings. The molecule has 1 aliphatic carbocycles. The maximum absolute atomic E-state index is 11.8. The first kappa shape index (κ1) is 10.5. The first-order chi connectivity index (χ1) is 9.24. The number of nitrogens with zero attached hydrogens (tertiary/aromatic N) is 5. The van der Waals surface area contributed by atoms with Crippen LogP contribution in [0, 0.1) is 0 Å². The van der Waals surface area contributed by atoms with Gasteiger partial charge in [-0.3, -0.25) is 0 Å². The molecule has 0 atom stereocenters. The van der Waals surface area contributed by atoms with E-state index < -0.39 is 0 Å². The van der Waals surface area contributed by atoms with Crippen molar-refractivity contribution in [2.45, 2.75) is 18.8 Å². The van der Waals surface area contributed by atoms with Crippen LogP contribution in [0.5, 0.6) is 0 Å². The van der Waals surface area contributed by atoms with E-state index in [1.165, 1.54) is 9.08 Å². The van der Waals surface area contributed by atoms with Gasteiger partial charge >= 0.3 is 5.69 Å². The van der Waals surface area contributed by atoms with Crippen LogP contribution < -0.4 is 5.69 Å². The number of rotatable bonds is 2. The number of aryl methyl sites for hydroxylation is 1. The van der Waals surface area contributed by atoms with Crippen molar-refractivity contribution in [2.75, 3.05) is 0 Å². The molecule has 0 saturated heterocycles. The molecule has 7 heteroatoms. The van der Waals surface area contributed by atoms with Crippen molar-refractivity contribution in [3.8, 4) is 11.5 Å². The van der Waals surface area contributed by atoms with Gasteiger partial charge in [0.25, 0.3) is 5.89 Å². The zero-order valence-corrected chi connectivity index (χ0v) is 10.3. The van der Waals surface area contributed by atoms with Gasteiger partial charge in [0.1, 0.15) is 0 Å². The molecule has 19 heavy (non-hydrogen) atoms. The molecule has 1 aliphatic rings. The molecular weight excluding hydrogens is 246 g/mol. The number of pyridine rings is 1. The highest BCUT2D eigenvalue weighted by Gasteiger charge is 2.29. The second-order valence-corrected chi connectivity index (χ2v) is 4.75. The van der Waals surface area contributed by atoms with E-state index in [9.17, 15) is 4.79 Å². The maximum atomic E-state index is 11.8. The average Bonchev–Trinajstić information content (AvgIpc) is 3.08. The topological polar surface area (TPSA) is 78.2 Å². The Kier molecular flexibility index (Phi) is 1.95. The van der Waals surface area contributed by atoms with E-state index in [0.29, 0.717) is 23.0 Å². The normalized spacial score (nSPS) is 15.2. The molecule has 3 heterocycles. The zero-order chi connectivity index (χ0) is 13.0. The van der Waals surface area contributed by atoms with Gasteiger partial charge in [-0.05, 0) is 25.0 Å². The summed E-state index contributed by atoms with van der Waals surface area (Å²) in [5, 5.41) is 8.18. The van der Waals surface area contributed by atoms with Crippen molar-refractivity contribution in [1.29, 1.82) is 0 Å². The van der Waals surface area contributed by atoms with Gasteiger partial charge in [-0.15, -0.1) is 5.10 Å². The van der Waals surface area contributed by atoms with Crippen LogP contribution in [0.25, 0.3) is 17.1 Å². The fourth-order valence-corrected chi connectivity index (χ4v) is 2.12. The molecule has 0 aliphatic heterocycles. The van der Waals surface area contributed by atoms with Crippen LogP contribution in [0.15, 0.2) is 27.6 Å². The zero-order valence-electron chi connectivity index (χ0n) is 10.3. The van der Waals surface area contributed by atoms with Crippen molar-refractivity contribution in [2.24, 2.45) is 7.05 Å². The van der Waals surface area contributed by atoms with Gasteiger partial charge in [0, 0.05) is 19.2 Å². The smallest absolute Gasteiger partial charge is 0.334 e. The summed E-state index contributed by atoms with van der Waals surface area (Å²) in [5.74, 6) is 1.59. The third kappa shape index (κ3) is 1.51. The molecule has 0 spiro atoms. The second-order valence-electron chi connectivity index (χ2n) is 4.75. The van der Waals surface area contributed by atoms with Gasteiger partial charge in [-0.1, -0.05) is 5.16 Å². The Labute approximate surface area is 107 Å². The van der Waals surface area contributed by atoms with Crippen LogP contribution in [0.2, 0.25) is 0 Å². The molecule has 0 N–H and O–H groups in total. The molecular formula is C12H11N5O2. The van der Waals surface area contributed by atoms with Crippen LogP contribution >= 0.6 is 0 Å². The minimum atomic E-state index is -0.196. The van der Waals surface area contributed by atoms with Crippen molar-refractivity contribution < 1.29 is 4.52 Å². The van der Waals surface area contributed by atoms with Gasteiger partial charge in [0.2, 0.25) is 0 Å². The number of aromatic nitrogens is 5. The van der Waals surface area contributed by atoms with Gasteiger partial charge < -0.3 is 4.52 Å². The molecule has 0 aromatic carbocycles. The largest absolute Gasteiger partial charge is 0.350 e. The molecule has 3 aromatic heterocycles. The van der Waals surface area contributed by atoms with Gasteiger partial charge in [-0.2, -0.15) is 4.98 Å². The quantitative estimate of drug-likeness (QED) is 0.683. The van der Waals surface area contributed by atoms with Gasteiger partial charge in [0.05, 0.1) is 5.56 Å². The minimum Gasteiger partial charge on any atom is -0.334 e. The maximum Gasteiger partial charge on any atom is 0.350 e. The van der Waals surface area contributed by atoms with E-state index in [2.05, 4.69) is 15.2 Å². The SMILES string of the molecule is Cn1nc2c(-c3nc(C4CC4)no3)cccn2c1=O. The Hall–Kier alpha value is -2.44. The lowest BCUT2D eigenvalue weighted by Crippen LogP contribution is -2.17. The molecule has 0 bridgehead atoms. The van der Waals surface area contributed by atoms with E-state index >= 15 is 0 Å². The van der Waals surface area contributed by atoms with Crippen LogP contribution in [0.3, 0.4) is 0 Å². The first-order valence-corrected chi connectivity index (χ1v) is 6.12. The number of hydrogen-bond donors (Lipinski definition) is 0. The summed E-state index contributed by atoms with van der Waals surface area (Å²) in [7, 11) is 1.61. The number of fused-ring (bicyclic) bond motifs is 1. The summed E-state index contributed by atoms with van der Waals surface area (Å²) in [6, 6.07) is 3.60. The predicted molar refractivity (Wildman–Crippen MR) is 65.7 cm³/mol. The number of hydrogen-bond acceptors (Lipinski definition) is 5. The Morgan fingerprint density at radius 1 is 1.42 bits per heavy atom. The summed E-state index contributed by atoms with van der Waals surface area (Å²) in [6.45, 7) is 0. The van der Waals surface area contributed by atoms with Crippen LogP contribution in [-0.2, 0) is 7.05 Å². The first-order valence-electron chi connectivity index (χ1n) is 6.12. The lowest BCUT2D eigenvalue weighted by atomic mass is 10.2. The molecule has 96 valence electrons. The monoisotopic (exact) mass is 257 g/mol. The third-order valence-electron chi connectivity index (χ3n) is 3.31. The average molecular weight is 257 g/mol. The summed E-state index contributed by atoms with van der Waals surface area (Å²) in [4.78, 5) is 16.2. The van der Waals surface area contributed by atoms with Crippen LogP contribution in [0.4, 0.5) is 0 Å². The highest BCUT2D eigenvalue weighted by molar-refractivity contribution is 5.70. The highest BCUT2D eigenvalue weighted by Crippen LogP contribution is 2.39. The summed E-state index contributed by atoms with van der Waals surface area (Å²) >= 11 is 0. The minimum absolute atomic E-state index is 0.196. The Morgan fingerprint density at radius 3 is 3.05 bits per heavy atom. The lowest BCUT2D eigenvalue weighted by molar-refractivity contribution is 0.423. The van der Waals surface area contributed by atoms with Crippen molar-refractivity contribution in [3.05, 3.63) is 34.6 Å². The summed E-state index contributed by atoms with van der Waals surface area (Å²) in [5.41, 5.74) is 1.01. The van der Waals surface area contributed by atoms with Crippen LogP contribution in [0.1, 0.15) is 24.6 Å². The van der Waals surface area contributed by atoms with Gasteiger partial charge in [-0.25, -0.2) is 13.9 Å². The molecule has 1 saturated carbocycles. The van der Waals surface area contributed by atoms with Crippen molar-refractivity contribution in [1.82, 2.24) is 24.3 Å².